The van der Waals surface area contributed by atoms with Crippen LogP contribution in [0.2, 0.25) is 0 Å². The number of carbonyl (C=O) groups excluding carboxylic acids is 3. The monoisotopic (exact) mass is 1070 g/mol. The van der Waals surface area contributed by atoms with Crippen LogP contribution in [-0.2, 0) is 42.9 Å². The number of allylic oxidation sites excluding steroid dienone is 20. The molecule has 0 saturated carbocycles. The maximum absolute atomic E-state index is 13.1. The zero-order valence-corrected chi connectivity index (χ0v) is 47.7. The third kappa shape index (κ3) is 41.8. The van der Waals surface area contributed by atoms with Crippen molar-refractivity contribution in [2.75, 3.05) is 13.2 Å². The maximum Gasteiger partial charge on any atom is 0.335 e. The molecular formula is C65H102O12. The highest BCUT2D eigenvalue weighted by Gasteiger charge is 2.50. The number of unbranched alkanes of at least 4 members (excludes halogenated alkanes) is 14. The van der Waals surface area contributed by atoms with Crippen LogP contribution in [0.15, 0.2) is 122 Å². The van der Waals surface area contributed by atoms with Crippen molar-refractivity contribution < 1.29 is 58.2 Å². The minimum atomic E-state index is -1.92. The summed E-state index contributed by atoms with van der Waals surface area (Å²) in [6, 6.07) is 0. The van der Waals surface area contributed by atoms with E-state index in [0.29, 0.717) is 19.3 Å². The Morgan fingerprint density at radius 3 is 1.32 bits per heavy atom. The highest BCUT2D eigenvalue weighted by molar-refractivity contribution is 5.74. The Balaban J connectivity index is 2.76. The van der Waals surface area contributed by atoms with Crippen LogP contribution in [0.4, 0.5) is 0 Å². The topological polar surface area (TPSA) is 175 Å². The van der Waals surface area contributed by atoms with E-state index in [-0.39, 0.29) is 25.9 Å². The largest absolute Gasteiger partial charge is 0.479 e. The van der Waals surface area contributed by atoms with Crippen LogP contribution in [0.25, 0.3) is 0 Å². The first-order valence-electron chi connectivity index (χ1n) is 29.5. The summed E-state index contributed by atoms with van der Waals surface area (Å²) in [6.07, 6.45) is 59.0. The molecule has 6 atom stereocenters. The van der Waals surface area contributed by atoms with Gasteiger partial charge in [0.1, 0.15) is 18.8 Å². The SMILES string of the molecule is CC/C=C\C/C=C\C/C=C\C/C=C\C/C=C\C/C=C\CCC(=O)OCC(COC1OC(C(=O)O)C(O)C(O)C1OC(=O)CCCCCCC/C=C\CCCCCCCC)OC(=O)CCCCC/C=C\C/C=C\C/C=C\CC. The number of hydrogen-bond donors (Lipinski definition) is 3. The summed E-state index contributed by atoms with van der Waals surface area (Å²) in [4.78, 5) is 51.1. The molecule has 77 heavy (non-hydrogen) atoms. The molecule has 0 aliphatic carbocycles. The van der Waals surface area contributed by atoms with Gasteiger partial charge in [-0.25, -0.2) is 4.79 Å². The van der Waals surface area contributed by atoms with Crippen molar-refractivity contribution in [2.45, 2.75) is 250 Å². The van der Waals surface area contributed by atoms with E-state index in [9.17, 15) is 34.5 Å². The molecule has 1 aliphatic heterocycles. The molecule has 434 valence electrons. The Bertz CT molecular complexity index is 1800. The lowest BCUT2D eigenvalue weighted by Gasteiger charge is -2.40. The summed E-state index contributed by atoms with van der Waals surface area (Å²) in [5.41, 5.74) is 0. The molecule has 0 aromatic heterocycles. The van der Waals surface area contributed by atoms with Crippen molar-refractivity contribution in [3.63, 3.8) is 0 Å². The van der Waals surface area contributed by atoms with E-state index in [1.807, 2.05) is 12.2 Å². The minimum absolute atomic E-state index is 0.0339. The fraction of sp³-hybridized carbons (Fsp3) is 0.631. The molecule has 0 aromatic carbocycles. The number of carbonyl (C=O) groups is 4. The van der Waals surface area contributed by atoms with Gasteiger partial charge in [-0.1, -0.05) is 200 Å². The van der Waals surface area contributed by atoms with Crippen molar-refractivity contribution in [1.82, 2.24) is 0 Å². The van der Waals surface area contributed by atoms with E-state index in [1.165, 1.54) is 38.5 Å². The van der Waals surface area contributed by atoms with E-state index >= 15 is 0 Å². The minimum Gasteiger partial charge on any atom is -0.479 e. The van der Waals surface area contributed by atoms with E-state index < -0.39 is 67.3 Å². The summed E-state index contributed by atoms with van der Waals surface area (Å²) < 4.78 is 28.3. The van der Waals surface area contributed by atoms with Gasteiger partial charge in [-0.2, -0.15) is 0 Å². The molecule has 1 fully saturated rings. The summed E-state index contributed by atoms with van der Waals surface area (Å²) in [6.45, 7) is 5.65. The van der Waals surface area contributed by atoms with Gasteiger partial charge in [0.2, 0.25) is 0 Å². The van der Waals surface area contributed by atoms with E-state index in [1.54, 1.807) is 0 Å². The first-order chi connectivity index (χ1) is 37.6. The zero-order valence-electron chi connectivity index (χ0n) is 47.7. The van der Waals surface area contributed by atoms with Gasteiger partial charge in [0.05, 0.1) is 6.61 Å². The van der Waals surface area contributed by atoms with E-state index in [2.05, 4.69) is 130 Å². The summed E-state index contributed by atoms with van der Waals surface area (Å²) in [5, 5.41) is 31.5. The number of aliphatic hydroxyl groups is 2. The number of rotatable bonds is 48. The predicted molar refractivity (Wildman–Crippen MR) is 312 cm³/mol. The van der Waals surface area contributed by atoms with Crippen molar-refractivity contribution in [1.29, 1.82) is 0 Å². The number of carboxylic acids is 1. The first-order valence-corrected chi connectivity index (χ1v) is 29.5. The van der Waals surface area contributed by atoms with E-state index in [4.69, 9.17) is 23.7 Å². The molecular weight excluding hydrogens is 973 g/mol. The molecule has 0 amide bonds. The van der Waals surface area contributed by atoms with Crippen LogP contribution in [0, 0.1) is 0 Å². The van der Waals surface area contributed by atoms with Crippen LogP contribution in [0.3, 0.4) is 0 Å². The van der Waals surface area contributed by atoms with Crippen molar-refractivity contribution in [3.8, 4) is 0 Å². The molecule has 0 aromatic rings. The van der Waals surface area contributed by atoms with Gasteiger partial charge in [0.15, 0.2) is 24.6 Å². The predicted octanol–water partition coefficient (Wildman–Crippen LogP) is 15.2. The van der Waals surface area contributed by atoms with Gasteiger partial charge in [-0.05, 0) is 116 Å². The molecule has 0 radical (unpaired) electrons. The Morgan fingerprint density at radius 1 is 0.442 bits per heavy atom. The van der Waals surface area contributed by atoms with Gasteiger partial charge in [0.25, 0.3) is 0 Å². The quantitative estimate of drug-likeness (QED) is 0.0228. The maximum atomic E-state index is 13.1. The van der Waals surface area contributed by atoms with Crippen LogP contribution >= 0.6 is 0 Å². The molecule has 12 heteroatoms. The number of carboxylic acid groups (broad SMARTS) is 1. The third-order valence-electron chi connectivity index (χ3n) is 12.5. The van der Waals surface area contributed by atoms with Crippen molar-refractivity contribution >= 4 is 23.9 Å². The normalized spacial score (nSPS) is 18.9. The number of hydrogen-bond acceptors (Lipinski definition) is 11. The average Bonchev–Trinajstić information content (AvgIpc) is 3.42. The summed E-state index contributed by atoms with van der Waals surface area (Å²) >= 11 is 0. The number of esters is 3. The summed E-state index contributed by atoms with van der Waals surface area (Å²) in [7, 11) is 0. The Hall–Kier alpha value is -4.88. The number of ether oxygens (including phenoxy) is 5. The van der Waals surface area contributed by atoms with Gasteiger partial charge in [-0.15, -0.1) is 0 Å². The lowest BCUT2D eigenvalue weighted by molar-refractivity contribution is -0.301. The number of aliphatic hydroxyl groups excluding tert-OH is 2. The molecule has 0 bridgehead atoms. The first kappa shape index (κ1) is 70.1. The number of aliphatic carboxylic acids is 1. The van der Waals surface area contributed by atoms with Gasteiger partial charge in [0, 0.05) is 19.3 Å². The lowest BCUT2D eigenvalue weighted by atomic mass is 9.98. The Labute approximate surface area is 465 Å². The van der Waals surface area contributed by atoms with Crippen molar-refractivity contribution in [3.05, 3.63) is 122 Å². The second kappa shape index (κ2) is 51.9. The molecule has 6 unspecified atom stereocenters. The zero-order chi connectivity index (χ0) is 56.1. The average molecular weight is 1080 g/mol. The standard InChI is InChI=1S/C65H102O12/c1-4-7-10-13-16-19-22-25-27-28-29-30-32-34-36-39-42-45-48-51-57(66)73-54-56(75-58(67)52-49-46-43-40-37-33-24-21-18-15-12-9-6-3)55-74-65-63(61(70)60(69)62(77-65)64(71)72)76-59(68)53-50-47-44-41-38-35-31-26-23-20-17-14-11-8-5-2/h7,9-10,12,16,18-19,21,25-27,29-31,33-34,36-37,42,45,56,60-63,65,69-70H,4-6,8,11,13-15,17,20,22-24,28,32,35,38-41,43-44,46-55H2,1-3H3,(H,71,72)/b10-7-,12-9-,19-16-,21-18-,27-25-,30-29-,31-26-,36-34-,37-33-,45-42-. The van der Waals surface area contributed by atoms with Crippen LogP contribution in [0.1, 0.15) is 213 Å². The van der Waals surface area contributed by atoms with Gasteiger partial charge in [-0.3, -0.25) is 14.4 Å². The fourth-order valence-corrected chi connectivity index (χ4v) is 8.05. The third-order valence-corrected chi connectivity index (χ3v) is 12.5. The molecule has 12 nitrogen and oxygen atoms in total. The van der Waals surface area contributed by atoms with Gasteiger partial charge < -0.3 is 39.0 Å². The molecule has 3 N–H and O–H groups in total. The van der Waals surface area contributed by atoms with Gasteiger partial charge >= 0.3 is 23.9 Å². The molecule has 1 aliphatic rings. The Kier molecular flexibility index (Phi) is 47.2. The fourth-order valence-electron chi connectivity index (χ4n) is 8.05. The van der Waals surface area contributed by atoms with Crippen LogP contribution in [0.5, 0.6) is 0 Å². The van der Waals surface area contributed by atoms with E-state index in [0.717, 1.165) is 116 Å². The highest BCUT2D eigenvalue weighted by Crippen LogP contribution is 2.26. The second-order valence-corrected chi connectivity index (χ2v) is 19.5. The molecule has 0 spiro atoms. The van der Waals surface area contributed by atoms with Crippen molar-refractivity contribution in [2.24, 2.45) is 0 Å². The second-order valence-electron chi connectivity index (χ2n) is 19.5. The molecule has 1 rings (SSSR count). The highest BCUT2D eigenvalue weighted by atomic mass is 16.7. The molecule has 1 saturated heterocycles. The Morgan fingerprint density at radius 2 is 0.844 bits per heavy atom. The van der Waals surface area contributed by atoms with Crippen LogP contribution in [-0.4, -0.2) is 89.2 Å². The molecule has 1 heterocycles. The summed E-state index contributed by atoms with van der Waals surface area (Å²) in [5.74, 6) is -3.30. The lowest BCUT2D eigenvalue weighted by Crippen LogP contribution is -2.61. The smallest absolute Gasteiger partial charge is 0.335 e. The van der Waals surface area contributed by atoms with Crippen LogP contribution < -0.4 is 0 Å².